The van der Waals surface area contributed by atoms with Gasteiger partial charge in [-0.25, -0.2) is 18.1 Å². The van der Waals surface area contributed by atoms with Crippen molar-refractivity contribution >= 4 is 47.6 Å². The zero-order valence-electron chi connectivity index (χ0n) is 39.2. The molecule has 5 atom stereocenters. The first kappa shape index (κ1) is 50.1. The van der Waals surface area contributed by atoms with Gasteiger partial charge in [-0.15, -0.1) is 0 Å². The molecule has 0 spiro atoms. The lowest BCUT2D eigenvalue weighted by Crippen LogP contribution is -2.57. The number of hydrogen-bond acceptors (Lipinski definition) is 13. The molecule has 2 amide bonds. The fraction of sp³-hybridized carbons (Fsp3) is 0.596. The van der Waals surface area contributed by atoms with Crippen molar-refractivity contribution in [3.05, 3.63) is 66.3 Å². The Kier molecular flexibility index (Phi) is 16.6. The van der Waals surface area contributed by atoms with Gasteiger partial charge in [0.2, 0.25) is 10.0 Å². The molecule has 4 aliphatic rings. The van der Waals surface area contributed by atoms with Crippen LogP contribution in [0.2, 0.25) is 18.1 Å². The molecule has 0 aromatic heterocycles. The fourth-order valence-corrected chi connectivity index (χ4v) is 10.8. The molecule has 2 aromatic rings. The Balaban J connectivity index is 1.38. The van der Waals surface area contributed by atoms with Gasteiger partial charge in [-0.05, 0) is 99.3 Å². The van der Waals surface area contributed by atoms with Gasteiger partial charge >= 0.3 is 12.1 Å². The van der Waals surface area contributed by atoms with E-state index in [1.54, 1.807) is 55.3 Å². The van der Waals surface area contributed by atoms with Crippen LogP contribution < -0.4 is 14.4 Å². The number of sulfonamides is 1. The molecular weight excluding hydrogens is 875 g/mol. The number of carbonyl (C=O) groups excluding carboxylic acids is 3. The summed E-state index contributed by atoms with van der Waals surface area (Å²) in [5.74, 6) is -0.411. The molecule has 358 valence electrons. The van der Waals surface area contributed by atoms with E-state index < -0.39 is 67.2 Å². The maximum absolute atomic E-state index is 14.9. The number of benzene rings is 2. The number of carbonyl (C=O) groups is 3. The molecule has 18 heteroatoms. The van der Waals surface area contributed by atoms with Crippen LogP contribution in [-0.2, 0) is 42.9 Å². The number of rotatable bonds is 17. The molecule has 0 radical (unpaired) electrons. The lowest BCUT2D eigenvalue weighted by Gasteiger charge is -2.42. The standard InChI is InChI=1S/C47H67N3O13SSi/c1-10-24-60-46(53)50-37-30-40(61-31-34(28-42(51)57-11-2)63-65(8,9)47(3,4)5)39(56-7)29-36(37)44(52)49-23-22-33(27-38(49)45(50)62-43-17-13-15-26-59-43)32-18-20-35(21-19-32)64(54,55)48(6)41-16-12-14-25-58-41/h10,18-22,29-30,34,38,41,43,45H,1,11-17,23-28,31H2,2-9H3/t34-,38-,41?,43?,45?/m0/s1. The van der Waals surface area contributed by atoms with E-state index in [4.69, 9.17) is 37.6 Å². The van der Waals surface area contributed by atoms with Gasteiger partial charge in [-0.1, -0.05) is 51.6 Å². The Bertz CT molecular complexity index is 2150. The van der Waals surface area contributed by atoms with Gasteiger partial charge in [0.15, 0.2) is 32.3 Å². The molecule has 0 bridgehead atoms. The van der Waals surface area contributed by atoms with Crippen molar-refractivity contribution in [3.63, 3.8) is 0 Å². The number of hydrogen-bond donors (Lipinski definition) is 0. The molecular formula is C47H67N3O13SSi. The average molecular weight is 942 g/mol. The Morgan fingerprint density at radius 3 is 2.34 bits per heavy atom. The zero-order chi connectivity index (χ0) is 47.1. The van der Waals surface area contributed by atoms with E-state index in [-0.39, 0.29) is 71.9 Å². The number of methoxy groups -OCH3 is 1. The first-order chi connectivity index (χ1) is 30.9. The van der Waals surface area contributed by atoms with E-state index >= 15 is 0 Å². The second kappa shape index (κ2) is 21.5. The summed E-state index contributed by atoms with van der Waals surface area (Å²) in [6.07, 6.45) is 4.38. The van der Waals surface area contributed by atoms with Crippen molar-refractivity contribution in [3.8, 4) is 11.5 Å². The molecule has 3 unspecified atom stereocenters. The normalized spacial score (nSPS) is 22.2. The van der Waals surface area contributed by atoms with Crippen LogP contribution in [0, 0.1) is 0 Å². The second-order valence-electron chi connectivity index (χ2n) is 18.2. The average Bonchev–Trinajstić information content (AvgIpc) is 3.38. The fourth-order valence-electron chi connectivity index (χ4n) is 8.16. The Morgan fingerprint density at radius 2 is 1.72 bits per heavy atom. The minimum absolute atomic E-state index is 0.0552. The number of ether oxygens (including phenoxy) is 7. The highest BCUT2D eigenvalue weighted by Gasteiger charge is 2.48. The third-order valence-electron chi connectivity index (χ3n) is 12.8. The third kappa shape index (κ3) is 11.6. The summed E-state index contributed by atoms with van der Waals surface area (Å²) < 4.78 is 77.3. The lowest BCUT2D eigenvalue weighted by atomic mass is 9.92. The van der Waals surface area contributed by atoms with Gasteiger partial charge in [0.05, 0.1) is 48.4 Å². The molecule has 4 aliphatic heterocycles. The summed E-state index contributed by atoms with van der Waals surface area (Å²) in [4.78, 5) is 45.4. The highest BCUT2D eigenvalue weighted by molar-refractivity contribution is 7.89. The van der Waals surface area contributed by atoms with E-state index in [0.29, 0.717) is 26.1 Å². The van der Waals surface area contributed by atoms with Crippen LogP contribution in [0.25, 0.3) is 5.57 Å². The minimum atomic E-state index is -3.85. The van der Waals surface area contributed by atoms with Crippen molar-refractivity contribution in [2.24, 2.45) is 0 Å². The SMILES string of the molecule is C=CCOC(=O)N1c2cc(OC[C@H](CC(=O)OCC)O[Si](C)(C)C(C)(C)C)c(OC)cc2C(=O)N2CC=C(c3ccc(S(=O)(=O)N(C)C4CCCCO4)cc3)C[C@H]2C1OC1CCCCO1. The Morgan fingerprint density at radius 1 is 1.02 bits per heavy atom. The maximum atomic E-state index is 14.9. The lowest BCUT2D eigenvalue weighted by molar-refractivity contribution is -0.196. The van der Waals surface area contributed by atoms with Gasteiger partial charge in [-0.2, -0.15) is 4.31 Å². The largest absolute Gasteiger partial charge is 0.493 e. The molecule has 0 N–H and O–H groups in total. The van der Waals surface area contributed by atoms with Crippen molar-refractivity contribution in [1.29, 1.82) is 0 Å². The monoisotopic (exact) mass is 941 g/mol. The molecule has 65 heavy (non-hydrogen) atoms. The van der Waals surface area contributed by atoms with Crippen LogP contribution in [0.5, 0.6) is 11.5 Å². The highest BCUT2D eigenvalue weighted by atomic mass is 32.2. The van der Waals surface area contributed by atoms with Crippen molar-refractivity contribution in [2.45, 2.75) is 133 Å². The molecule has 2 saturated heterocycles. The van der Waals surface area contributed by atoms with Gasteiger partial charge in [0.1, 0.15) is 19.4 Å². The van der Waals surface area contributed by atoms with Crippen LogP contribution in [0.1, 0.15) is 95.0 Å². The van der Waals surface area contributed by atoms with E-state index in [0.717, 1.165) is 36.8 Å². The van der Waals surface area contributed by atoms with Crippen LogP contribution in [0.3, 0.4) is 0 Å². The van der Waals surface area contributed by atoms with Crippen molar-refractivity contribution in [2.75, 3.05) is 58.6 Å². The first-order valence-electron chi connectivity index (χ1n) is 22.6. The smallest absolute Gasteiger partial charge is 0.416 e. The van der Waals surface area contributed by atoms with Crippen LogP contribution in [0.4, 0.5) is 10.5 Å². The summed E-state index contributed by atoms with van der Waals surface area (Å²) in [5.41, 5.74) is 1.87. The Hall–Kier alpha value is -4.30. The van der Waals surface area contributed by atoms with E-state index in [1.807, 2.05) is 6.08 Å². The van der Waals surface area contributed by atoms with Crippen molar-refractivity contribution in [1.82, 2.24) is 9.21 Å². The van der Waals surface area contributed by atoms with Gasteiger partial charge in [0.25, 0.3) is 5.91 Å². The van der Waals surface area contributed by atoms with E-state index in [9.17, 15) is 22.8 Å². The van der Waals surface area contributed by atoms with Crippen LogP contribution >= 0.6 is 0 Å². The molecule has 6 rings (SSSR count). The minimum Gasteiger partial charge on any atom is -0.493 e. The number of anilines is 1. The topological polar surface area (TPSA) is 169 Å². The predicted octanol–water partition coefficient (Wildman–Crippen LogP) is 7.87. The summed E-state index contributed by atoms with van der Waals surface area (Å²) in [5, 5.41) is -0.169. The first-order valence-corrected chi connectivity index (χ1v) is 27.0. The third-order valence-corrected chi connectivity index (χ3v) is 19.2. The quantitative estimate of drug-likeness (QED) is 0.0854. The number of nitrogens with zero attached hydrogens (tertiary/aromatic N) is 3. The van der Waals surface area contributed by atoms with Crippen LogP contribution in [0.15, 0.2) is 60.0 Å². The highest BCUT2D eigenvalue weighted by Crippen LogP contribution is 2.44. The number of amides is 2. The number of fused-ring (bicyclic) bond motifs is 2. The van der Waals surface area contributed by atoms with Gasteiger partial charge in [-0.3, -0.25) is 9.59 Å². The number of esters is 1. The van der Waals surface area contributed by atoms with Gasteiger partial charge in [0, 0.05) is 32.9 Å². The molecule has 4 heterocycles. The molecule has 2 aromatic carbocycles. The molecule has 0 saturated carbocycles. The van der Waals surface area contributed by atoms with E-state index in [1.165, 1.54) is 22.4 Å². The summed E-state index contributed by atoms with van der Waals surface area (Å²) >= 11 is 0. The second-order valence-corrected chi connectivity index (χ2v) is 25.0. The molecule has 16 nitrogen and oxygen atoms in total. The van der Waals surface area contributed by atoms with Gasteiger partial charge < -0.3 is 42.5 Å². The van der Waals surface area contributed by atoms with Crippen LogP contribution in [-0.4, -0.2) is 129 Å². The predicted molar refractivity (Wildman–Crippen MR) is 247 cm³/mol. The van der Waals surface area contributed by atoms with Crippen molar-refractivity contribution < 1.29 is 60.4 Å². The summed E-state index contributed by atoms with van der Waals surface area (Å²) in [6, 6.07) is 9.01. The molecule has 0 aliphatic carbocycles. The zero-order valence-corrected chi connectivity index (χ0v) is 41.0. The summed E-state index contributed by atoms with van der Waals surface area (Å²) in [6.45, 7) is 17.1. The van der Waals surface area contributed by atoms with E-state index in [2.05, 4.69) is 40.4 Å². The Labute approximate surface area is 385 Å². The summed E-state index contributed by atoms with van der Waals surface area (Å²) in [7, 11) is -3.26. The molecule has 2 fully saturated rings. The maximum Gasteiger partial charge on any atom is 0.416 e.